The normalized spacial score (nSPS) is 19.1. The molecule has 2 rings (SSSR count). The van der Waals surface area contributed by atoms with Crippen LogP contribution < -0.4 is 14.8 Å². The molecule has 1 aromatic carbocycles. The zero-order chi connectivity index (χ0) is 15.2. The summed E-state index contributed by atoms with van der Waals surface area (Å²) in [5.41, 5.74) is 0.674. The first-order valence-corrected chi connectivity index (χ1v) is 7.36. The quantitative estimate of drug-likeness (QED) is 0.905. The number of anilines is 1. The molecule has 0 radical (unpaired) electrons. The molecular formula is C16H24N2O3. The second kappa shape index (κ2) is 7.31. The highest BCUT2D eigenvalue weighted by molar-refractivity contribution is 5.93. The Hall–Kier alpha value is -1.75. The summed E-state index contributed by atoms with van der Waals surface area (Å²) in [4.78, 5) is 14.4. The van der Waals surface area contributed by atoms with Crippen LogP contribution in [0.4, 0.5) is 5.69 Å². The minimum Gasteiger partial charge on any atom is -0.497 e. The molecule has 1 heterocycles. The molecular weight excluding hydrogens is 268 g/mol. The van der Waals surface area contributed by atoms with Crippen molar-refractivity contribution in [2.75, 3.05) is 39.2 Å². The van der Waals surface area contributed by atoms with E-state index < -0.39 is 0 Å². The fourth-order valence-corrected chi connectivity index (χ4v) is 2.72. The van der Waals surface area contributed by atoms with Gasteiger partial charge in [-0.15, -0.1) is 0 Å². The van der Waals surface area contributed by atoms with Crippen LogP contribution in [0.5, 0.6) is 11.5 Å². The Kier molecular flexibility index (Phi) is 5.44. The van der Waals surface area contributed by atoms with E-state index in [4.69, 9.17) is 9.47 Å². The summed E-state index contributed by atoms with van der Waals surface area (Å²) >= 11 is 0. The van der Waals surface area contributed by atoms with Crippen LogP contribution >= 0.6 is 0 Å². The number of nitrogens with one attached hydrogen (secondary N) is 1. The number of carbonyl (C=O) groups is 1. The largest absolute Gasteiger partial charge is 0.497 e. The zero-order valence-corrected chi connectivity index (χ0v) is 13.0. The van der Waals surface area contributed by atoms with Crippen LogP contribution in [0.1, 0.15) is 19.8 Å². The zero-order valence-electron chi connectivity index (χ0n) is 13.0. The van der Waals surface area contributed by atoms with Gasteiger partial charge in [0.15, 0.2) is 0 Å². The van der Waals surface area contributed by atoms with Crippen molar-refractivity contribution in [3.63, 3.8) is 0 Å². The van der Waals surface area contributed by atoms with Crippen molar-refractivity contribution in [3.8, 4) is 11.5 Å². The minimum atomic E-state index is -0.00688. The van der Waals surface area contributed by atoms with Crippen LogP contribution in [0.3, 0.4) is 0 Å². The molecule has 1 atom stereocenters. The number of rotatable bonds is 5. The third-order valence-electron chi connectivity index (χ3n) is 3.79. The molecule has 0 bridgehead atoms. The molecule has 1 fully saturated rings. The highest BCUT2D eigenvalue weighted by atomic mass is 16.5. The van der Waals surface area contributed by atoms with Gasteiger partial charge in [-0.3, -0.25) is 9.69 Å². The highest BCUT2D eigenvalue weighted by Crippen LogP contribution is 2.29. The average molecular weight is 292 g/mol. The molecule has 1 aliphatic rings. The number of methoxy groups -OCH3 is 2. The second-order valence-electron chi connectivity index (χ2n) is 5.60. The number of hydrogen-bond donors (Lipinski definition) is 1. The van der Waals surface area contributed by atoms with Gasteiger partial charge in [-0.2, -0.15) is 0 Å². The number of hydrogen-bond acceptors (Lipinski definition) is 4. The summed E-state index contributed by atoms with van der Waals surface area (Å²) in [5, 5.41) is 2.91. The average Bonchev–Trinajstić information content (AvgIpc) is 2.47. The van der Waals surface area contributed by atoms with Crippen molar-refractivity contribution in [1.82, 2.24) is 4.90 Å². The first-order valence-electron chi connectivity index (χ1n) is 7.36. The van der Waals surface area contributed by atoms with Gasteiger partial charge in [0.2, 0.25) is 5.91 Å². The van der Waals surface area contributed by atoms with E-state index in [0.29, 0.717) is 29.6 Å². The van der Waals surface area contributed by atoms with Gasteiger partial charge in [-0.1, -0.05) is 6.92 Å². The summed E-state index contributed by atoms with van der Waals surface area (Å²) in [7, 11) is 3.18. The molecule has 0 saturated carbocycles. The second-order valence-corrected chi connectivity index (χ2v) is 5.60. The molecule has 0 aliphatic carbocycles. The molecule has 1 N–H and O–H groups in total. The fourth-order valence-electron chi connectivity index (χ4n) is 2.72. The molecule has 0 spiro atoms. The monoisotopic (exact) mass is 292 g/mol. The van der Waals surface area contributed by atoms with Crippen molar-refractivity contribution in [3.05, 3.63) is 18.2 Å². The topological polar surface area (TPSA) is 50.8 Å². The molecule has 21 heavy (non-hydrogen) atoms. The standard InChI is InChI=1S/C16H24N2O3/c1-12-5-4-8-18(10-12)11-16(19)17-14-7-6-13(20-2)9-15(14)21-3/h6-7,9,12H,4-5,8,10-11H2,1-3H3,(H,17,19)/t12-/m0/s1. The summed E-state index contributed by atoms with van der Waals surface area (Å²) in [6.45, 7) is 4.65. The number of likely N-dealkylation sites (tertiary alicyclic amines) is 1. The lowest BCUT2D eigenvalue weighted by Gasteiger charge is -2.30. The SMILES string of the molecule is COc1ccc(NC(=O)CN2CCC[C@H](C)C2)c(OC)c1. The maximum Gasteiger partial charge on any atom is 0.238 e. The maximum atomic E-state index is 12.2. The van der Waals surface area contributed by atoms with E-state index in [0.717, 1.165) is 13.1 Å². The van der Waals surface area contributed by atoms with E-state index >= 15 is 0 Å². The number of ether oxygens (including phenoxy) is 2. The minimum absolute atomic E-state index is 0.00688. The first kappa shape index (κ1) is 15.6. The van der Waals surface area contributed by atoms with Crippen LogP contribution in [0.15, 0.2) is 18.2 Å². The number of piperidine rings is 1. The Morgan fingerprint density at radius 1 is 1.38 bits per heavy atom. The number of nitrogens with zero attached hydrogens (tertiary/aromatic N) is 1. The van der Waals surface area contributed by atoms with Gasteiger partial charge >= 0.3 is 0 Å². The summed E-state index contributed by atoms with van der Waals surface area (Å²) in [6, 6.07) is 5.37. The smallest absolute Gasteiger partial charge is 0.238 e. The van der Waals surface area contributed by atoms with Crippen molar-refractivity contribution < 1.29 is 14.3 Å². The predicted octanol–water partition coefficient (Wildman–Crippen LogP) is 2.37. The Morgan fingerprint density at radius 2 is 2.19 bits per heavy atom. The van der Waals surface area contributed by atoms with E-state index in [9.17, 15) is 4.79 Å². The summed E-state index contributed by atoms with van der Waals surface area (Å²) < 4.78 is 10.4. The van der Waals surface area contributed by atoms with E-state index in [-0.39, 0.29) is 5.91 Å². The molecule has 5 heteroatoms. The molecule has 1 aromatic rings. The van der Waals surface area contributed by atoms with Crippen LogP contribution in [-0.4, -0.2) is 44.7 Å². The molecule has 1 aliphatic heterocycles. The number of amides is 1. The van der Waals surface area contributed by atoms with Gasteiger partial charge < -0.3 is 14.8 Å². The molecule has 116 valence electrons. The van der Waals surface area contributed by atoms with Crippen LogP contribution in [0.25, 0.3) is 0 Å². The molecule has 1 amide bonds. The van der Waals surface area contributed by atoms with Crippen LogP contribution in [0.2, 0.25) is 0 Å². The lowest BCUT2D eigenvalue weighted by Crippen LogP contribution is -2.39. The van der Waals surface area contributed by atoms with E-state index in [2.05, 4.69) is 17.1 Å². The van der Waals surface area contributed by atoms with Gasteiger partial charge in [0.1, 0.15) is 11.5 Å². The van der Waals surface area contributed by atoms with Crippen LogP contribution in [0, 0.1) is 5.92 Å². The van der Waals surface area contributed by atoms with Crippen molar-refractivity contribution in [2.45, 2.75) is 19.8 Å². The fraction of sp³-hybridized carbons (Fsp3) is 0.562. The van der Waals surface area contributed by atoms with Crippen molar-refractivity contribution in [1.29, 1.82) is 0 Å². The molecule has 0 aromatic heterocycles. The lowest BCUT2D eigenvalue weighted by atomic mass is 10.0. The summed E-state index contributed by atoms with van der Waals surface area (Å²) in [5.74, 6) is 1.97. The van der Waals surface area contributed by atoms with Gasteiger partial charge in [-0.05, 0) is 37.4 Å². The van der Waals surface area contributed by atoms with Crippen molar-refractivity contribution in [2.24, 2.45) is 5.92 Å². The van der Waals surface area contributed by atoms with Crippen molar-refractivity contribution >= 4 is 11.6 Å². The van der Waals surface area contributed by atoms with Gasteiger partial charge in [-0.25, -0.2) is 0 Å². The maximum absolute atomic E-state index is 12.2. The lowest BCUT2D eigenvalue weighted by molar-refractivity contribution is -0.117. The number of carbonyl (C=O) groups excluding carboxylic acids is 1. The Balaban J connectivity index is 1.95. The highest BCUT2D eigenvalue weighted by Gasteiger charge is 2.19. The first-order chi connectivity index (χ1) is 10.1. The Bertz CT molecular complexity index is 490. The third-order valence-corrected chi connectivity index (χ3v) is 3.79. The predicted molar refractivity (Wildman–Crippen MR) is 83.0 cm³/mol. The van der Waals surface area contributed by atoms with E-state index in [1.165, 1.54) is 12.8 Å². The third kappa shape index (κ3) is 4.36. The van der Waals surface area contributed by atoms with E-state index in [1.807, 2.05) is 0 Å². The number of benzene rings is 1. The van der Waals surface area contributed by atoms with Crippen LogP contribution in [-0.2, 0) is 4.79 Å². The molecule has 5 nitrogen and oxygen atoms in total. The molecule has 1 saturated heterocycles. The Morgan fingerprint density at radius 3 is 2.86 bits per heavy atom. The van der Waals surface area contributed by atoms with E-state index in [1.54, 1.807) is 32.4 Å². The van der Waals surface area contributed by atoms with Gasteiger partial charge in [0.05, 0.1) is 26.5 Å². The van der Waals surface area contributed by atoms with Gasteiger partial charge in [0, 0.05) is 12.6 Å². The van der Waals surface area contributed by atoms with Gasteiger partial charge in [0.25, 0.3) is 0 Å². The Labute approximate surface area is 126 Å². The molecule has 0 unspecified atom stereocenters. The summed E-state index contributed by atoms with van der Waals surface area (Å²) in [6.07, 6.45) is 2.42.